The van der Waals surface area contributed by atoms with Gasteiger partial charge in [0.2, 0.25) is 5.91 Å². The van der Waals surface area contributed by atoms with E-state index in [1.165, 1.54) is 6.33 Å². The quantitative estimate of drug-likeness (QED) is 0.533. The van der Waals surface area contributed by atoms with E-state index in [1.807, 2.05) is 48.8 Å². The Morgan fingerprint density at radius 3 is 2.34 bits per heavy atom. The highest BCUT2D eigenvalue weighted by atomic mass is 35.5. The molecule has 1 saturated carbocycles. The summed E-state index contributed by atoms with van der Waals surface area (Å²) in [6.45, 7) is 10.6. The molecule has 202 valence electrons. The van der Waals surface area contributed by atoms with Gasteiger partial charge in [0.25, 0.3) is 5.91 Å². The second kappa shape index (κ2) is 11.1. The van der Waals surface area contributed by atoms with E-state index in [-0.39, 0.29) is 23.5 Å². The number of rotatable bonds is 7. The molecule has 5 rings (SSSR count). The van der Waals surface area contributed by atoms with E-state index in [4.69, 9.17) is 11.6 Å². The summed E-state index contributed by atoms with van der Waals surface area (Å²) in [6, 6.07) is 5.75. The second-order valence-corrected chi connectivity index (χ2v) is 11.6. The number of carbonyl (C=O) groups excluding carboxylic acids is 3. The van der Waals surface area contributed by atoms with Gasteiger partial charge >= 0.3 is 0 Å². The number of anilines is 1. The molecule has 1 aromatic heterocycles. The molecule has 3 aliphatic rings. The number of benzene rings is 1. The summed E-state index contributed by atoms with van der Waals surface area (Å²) in [5.41, 5.74) is 3.87. The van der Waals surface area contributed by atoms with Crippen molar-refractivity contribution in [1.82, 2.24) is 19.8 Å². The number of hydrogen-bond acceptors (Lipinski definition) is 6. The molecule has 0 bridgehead atoms. The van der Waals surface area contributed by atoms with Gasteiger partial charge < -0.3 is 14.7 Å². The van der Waals surface area contributed by atoms with Crippen LogP contribution >= 0.6 is 11.6 Å². The number of carbonyl (C=O) groups is 3. The average molecular weight is 538 g/mol. The lowest BCUT2D eigenvalue weighted by Gasteiger charge is -2.27. The minimum absolute atomic E-state index is 0.0266. The van der Waals surface area contributed by atoms with Gasteiger partial charge in [-0.2, -0.15) is 0 Å². The molecule has 3 atom stereocenters. The Balaban J connectivity index is 1.17. The Hall–Kier alpha value is -2.84. The van der Waals surface area contributed by atoms with Crippen molar-refractivity contribution in [3.63, 3.8) is 0 Å². The molecule has 1 aromatic carbocycles. The summed E-state index contributed by atoms with van der Waals surface area (Å²) < 4.78 is 0. The van der Waals surface area contributed by atoms with E-state index >= 15 is 0 Å². The van der Waals surface area contributed by atoms with Crippen molar-refractivity contribution in [3.05, 3.63) is 52.1 Å². The number of aryl methyl sites for hydroxylation is 3. The van der Waals surface area contributed by atoms with Crippen LogP contribution in [0.3, 0.4) is 0 Å². The topological polar surface area (TPSA) is 86.7 Å². The fourth-order valence-electron chi connectivity index (χ4n) is 6.31. The standard InChI is InChI=1S/C29H36ClN5O3/c1-18-5-7-24(12-26(18)30)35(28(37)21-6-8-25(36)11-21)10-4-9-33-13-22-15-34(16-23(22)14-33)29(38)27-19(2)31-17-32-20(27)3/h5,7,12,17,21-23H,4,6,8-11,13-16H2,1-3H3. The van der Waals surface area contributed by atoms with E-state index in [0.717, 1.165) is 61.8 Å². The monoisotopic (exact) mass is 537 g/mol. The number of amides is 2. The van der Waals surface area contributed by atoms with Crippen LogP contribution in [0, 0.1) is 38.5 Å². The third-order valence-corrected chi connectivity index (χ3v) is 8.88. The van der Waals surface area contributed by atoms with E-state index in [2.05, 4.69) is 14.9 Å². The van der Waals surface area contributed by atoms with Crippen LogP contribution in [0.4, 0.5) is 5.69 Å². The highest BCUT2D eigenvalue weighted by Gasteiger charge is 2.42. The van der Waals surface area contributed by atoms with Crippen LogP contribution in [0.25, 0.3) is 0 Å². The summed E-state index contributed by atoms with van der Waals surface area (Å²) in [7, 11) is 0. The molecule has 0 spiro atoms. The van der Waals surface area contributed by atoms with Crippen LogP contribution in [-0.2, 0) is 9.59 Å². The Bertz CT molecular complexity index is 1220. The van der Waals surface area contributed by atoms with Gasteiger partial charge in [0.15, 0.2) is 0 Å². The first-order valence-electron chi connectivity index (χ1n) is 13.6. The van der Waals surface area contributed by atoms with Gasteiger partial charge in [0.05, 0.1) is 17.0 Å². The molecule has 0 radical (unpaired) electrons. The number of Topliss-reactive ketones (excluding diaryl/α,β-unsaturated/α-hetero) is 1. The van der Waals surface area contributed by atoms with Crippen LogP contribution < -0.4 is 4.90 Å². The van der Waals surface area contributed by atoms with Crippen LogP contribution in [0.5, 0.6) is 0 Å². The number of ketones is 1. The van der Waals surface area contributed by atoms with Gasteiger partial charge in [0.1, 0.15) is 12.1 Å². The van der Waals surface area contributed by atoms with Crippen molar-refractivity contribution in [2.75, 3.05) is 44.2 Å². The van der Waals surface area contributed by atoms with E-state index in [1.54, 1.807) is 0 Å². The van der Waals surface area contributed by atoms with Gasteiger partial charge in [-0.05, 0) is 69.7 Å². The van der Waals surface area contributed by atoms with Gasteiger partial charge in [-0.25, -0.2) is 9.97 Å². The summed E-state index contributed by atoms with van der Waals surface area (Å²) >= 11 is 6.39. The van der Waals surface area contributed by atoms with Gasteiger partial charge in [-0.15, -0.1) is 0 Å². The number of hydrogen-bond donors (Lipinski definition) is 0. The van der Waals surface area contributed by atoms with Gasteiger partial charge in [-0.1, -0.05) is 17.7 Å². The Morgan fingerprint density at radius 1 is 1.05 bits per heavy atom. The van der Waals surface area contributed by atoms with E-state index in [0.29, 0.717) is 48.2 Å². The lowest BCUT2D eigenvalue weighted by molar-refractivity contribution is -0.124. The number of aromatic nitrogens is 2. The molecule has 3 unspecified atom stereocenters. The highest BCUT2D eigenvalue weighted by molar-refractivity contribution is 6.31. The fourth-order valence-corrected chi connectivity index (χ4v) is 6.49. The molecule has 9 heteroatoms. The van der Waals surface area contributed by atoms with Crippen molar-refractivity contribution in [3.8, 4) is 0 Å². The molecule has 8 nitrogen and oxygen atoms in total. The molecule has 2 amide bonds. The molecule has 2 aromatic rings. The van der Waals surface area contributed by atoms with Gasteiger partial charge in [0, 0.05) is 62.2 Å². The largest absolute Gasteiger partial charge is 0.338 e. The first-order chi connectivity index (χ1) is 18.2. The molecular formula is C29H36ClN5O3. The average Bonchev–Trinajstić information content (AvgIpc) is 3.58. The summed E-state index contributed by atoms with van der Waals surface area (Å²) in [5.74, 6) is 0.923. The fraction of sp³-hybridized carbons (Fsp3) is 0.552. The summed E-state index contributed by atoms with van der Waals surface area (Å²) in [5, 5.41) is 0.640. The van der Waals surface area contributed by atoms with Crippen LogP contribution in [-0.4, -0.2) is 76.6 Å². The molecular weight excluding hydrogens is 502 g/mol. The molecule has 0 N–H and O–H groups in total. The van der Waals surface area contributed by atoms with E-state index < -0.39 is 0 Å². The Kier molecular flexibility index (Phi) is 7.82. The zero-order chi connectivity index (χ0) is 27.0. The zero-order valence-corrected chi connectivity index (χ0v) is 23.2. The Morgan fingerprint density at radius 2 is 1.74 bits per heavy atom. The molecule has 3 fully saturated rings. The molecule has 2 aliphatic heterocycles. The number of nitrogens with zero attached hydrogens (tertiary/aromatic N) is 5. The molecule has 3 heterocycles. The van der Waals surface area contributed by atoms with Crippen molar-refractivity contribution in [2.24, 2.45) is 17.8 Å². The van der Waals surface area contributed by atoms with Crippen LogP contribution in [0.15, 0.2) is 24.5 Å². The maximum Gasteiger partial charge on any atom is 0.257 e. The number of fused-ring (bicyclic) bond motifs is 1. The lowest BCUT2D eigenvalue weighted by atomic mass is 10.0. The Labute approximate surface area is 229 Å². The maximum absolute atomic E-state index is 13.4. The predicted octanol–water partition coefficient (Wildman–Crippen LogP) is 3.85. The summed E-state index contributed by atoms with van der Waals surface area (Å²) in [6.07, 6.45) is 3.80. The number of halogens is 1. The lowest BCUT2D eigenvalue weighted by Crippen LogP contribution is -2.38. The van der Waals surface area contributed by atoms with E-state index in [9.17, 15) is 14.4 Å². The van der Waals surface area contributed by atoms with Gasteiger partial charge in [-0.3, -0.25) is 14.4 Å². The number of likely N-dealkylation sites (tertiary alicyclic amines) is 2. The first kappa shape index (κ1) is 26.8. The van der Waals surface area contributed by atoms with Crippen molar-refractivity contribution in [1.29, 1.82) is 0 Å². The smallest absolute Gasteiger partial charge is 0.257 e. The van der Waals surface area contributed by atoms with Crippen LogP contribution in [0.2, 0.25) is 5.02 Å². The van der Waals surface area contributed by atoms with Crippen molar-refractivity contribution >= 4 is 34.9 Å². The van der Waals surface area contributed by atoms with Crippen molar-refractivity contribution in [2.45, 2.75) is 46.5 Å². The molecule has 2 saturated heterocycles. The maximum atomic E-state index is 13.4. The second-order valence-electron chi connectivity index (χ2n) is 11.2. The minimum atomic E-state index is -0.237. The molecule has 1 aliphatic carbocycles. The minimum Gasteiger partial charge on any atom is -0.338 e. The molecule has 38 heavy (non-hydrogen) atoms. The first-order valence-corrected chi connectivity index (χ1v) is 14.0. The third kappa shape index (κ3) is 5.47. The normalized spacial score (nSPS) is 23.2. The highest BCUT2D eigenvalue weighted by Crippen LogP contribution is 2.33. The zero-order valence-electron chi connectivity index (χ0n) is 22.5. The third-order valence-electron chi connectivity index (χ3n) is 8.47. The SMILES string of the molecule is Cc1ccc(N(CCCN2CC3CN(C(=O)c4c(C)ncnc4C)CC3C2)C(=O)C2CCC(=O)C2)cc1Cl. The van der Waals surface area contributed by atoms with Crippen molar-refractivity contribution < 1.29 is 14.4 Å². The van der Waals surface area contributed by atoms with Crippen LogP contribution in [0.1, 0.15) is 53.0 Å². The summed E-state index contributed by atoms with van der Waals surface area (Å²) in [4.78, 5) is 53.1. The predicted molar refractivity (Wildman–Crippen MR) is 146 cm³/mol.